The van der Waals surface area contributed by atoms with Gasteiger partial charge in [0.1, 0.15) is 23.7 Å². The summed E-state index contributed by atoms with van der Waals surface area (Å²) in [6.45, 7) is 1.74. The summed E-state index contributed by atoms with van der Waals surface area (Å²) in [7, 11) is 1.55. The van der Waals surface area contributed by atoms with Crippen LogP contribution in [0.2, 0.25) is 0 Å². The van der Waals surface area contributed by atoms with Crippen LogP contribution in [0.1, 0.15) is 24.5 Å². The molecular weight excluding hydrogens is 389 g/mol. The lowest BCUT2D eigenvalue weighted by molar-refractivity contribution is -0.135. The Hall–Kier alpha value is -3.42. The van der Waals surface area contributed by atoms with Crippen LogP contribution < -0.4 is 15.4 Å². The van der Waals surface area contributed by atoms with E-state index in [2.05, 4.69) is 10.6 Å². The summed E-state index contributed by atoms with van der Waals surface area (Å²) in [6.07, 6.45) is 0.851. The van der Waals surface area contributed by atoms with E-state index in [0.717, 1.165) is 10.5 Å². The van der Waals surface area contributed by atoms with Gasteiger partial charge >= 0.3 is 6.03 Å². The average Bonchev–Trinajstić information content (AvgIpc) is 3.00. The second kappa shape index (κ2) is 8.94. The summed E-state index contributed by atoms with van der Waals surface area (Å²) in [5, 5.41) is 5.44. The standard InChI is InChI=1S/C22H24FN3O4/c1-3-22(16-6-10-18(30-2)11-7-16)20(28)26(21(29)25-22)14-19(27)24-13-12-15-4-8-17(23)9-5-15/h4-11H,3,12-14H2,1-2H3,(H,24,27)(H,25,29)/t22-/m1/s1. The molecule has 4 amide bonds. The van der Waals surface area contributed by atoms with Gasteiger partial charge in [-0.05, 0) is 48.2 Å². The van der Waals surface area contributed by atoms with Crippen LogP contribution in [0.15, 0.2) is 48.5 Å². The summed E-state index contributed by atoms with van der Waals surface area (Å²) < 4.78 is 18.1. The van der Waals surface area contributed by atoms with Crippen LogP contribution >= 0.6 is 0 Å². The summed E-state index contributed by atoms with van der Waals surface area (Å²) in [6, 6.07) is 12.3. The predicted molar refractivity (Wildman–Crippen MR) is 108 cm³/mol. The molecule has 158 valence electrons. The molecule has 0 unspecified atom stereocenters. The topological polar surface area (TPSA) is 87.7 Å². The number of nitrogens with zero attached hydrogens (tertiary/aromatic N) is 1. The minimum atomic E-state index is -1.21. The first-order valence-electron chi connectivity index (χ1n) is 9.69. The van der Waals surface area contributed by atoms with Gasteiger partial charge in [-0.25, -0.2) is 9.18 Å². The maximum atomic E-state index is 13.1. The van der Waals surface area contributed by atoms with Crippen LogP contribution in [-0.4, -0.2) is 42.9 Å². The van der Waals surface area contributed by atoms with Crippen LogP contribution in [0, 0.1) is 5.82 Å². The van der Waals surface area contributed by atoms with E-state index in [0.29, 0.717) is 30.7 Å². The summed E-state index contributed by atoms with van der Waals surface area (Å²) in [4.78, 5) is 38.8. The smallest absolute Gasteiger partial charge is 0.325 e. The molecule has 2 aromatic carbocycles. The maximum absolute atomic E-state index is 13.1. The molecule has 3 rings (SSSR count). The monoisotopic (exact) mass is 413 g/mol. The molecule has 7 nitrogen and oxygen atoms in total. The van der Waals surface area contributed by atoms with Crippen molar-refractivity contribution >= 4 is 17.8 Å². The molecule has 1 heterocycles. The fraction of sp³-hybridized carbons (Fsp3) is 0.318. The first kappa shape index (κ1) is 21.3. The van der Waals surface area contributed by atoms with Gasteiger partial charge in [0, 0.05) is 6.54 Å². The van der Waals surface area contributed by atoms with Crippen molar-refractivity contribution in [1.82, 2.24) is 15.5 Å². The molecule has 0 bridgehead atoms. The fourth-order valence-electron chi connectivity index (χ4n) is 3.48. The number of rotatable bonds is 8. The van der Waals surface area contributed by atoms with Gasteiger partial charge in [-0.2, -0.15) is 0 Å². The normalized spacial score (nSPS) is 18.3. The molecule has 1 aliphatic heterocycles. The summed E-state index contributed by atoms with van der Waals surface area (Å²) >= 11 is 0. The SMILES string of the molecule is CC[C@]1(c2ccc(OC)cc2)NC(=O)N(CC(=O)NCCc2ccc(F)cc2)C1=O. The fourth-order valence-corrected chi connectivity index (χ4v) is 3.48. The first-order chi connectivity index (χ1) is 14.4. The van der Waals surface area contributed by atoms with Crippen LogP contribution in [-0.2, 0) is 21.5 Å². The minimum Gasteiger partial charge on any atom is -0.497 e. The van der Waals surface area contributed by atoms with E-state index in [1.165, 1.54) is 12.1 Å². The molecule has 2 N–H and O–H groups in total. The van der Waals surface area contributed by atoms with Crippen molar-refractivity contribution in [3.05, 3.63) is 65.5 Å². The van der Waals surface area contributed by atoms with E-state index in [9.17, 15) is 18.8 Å². The van der Waals surface area contributed by atoms with E-state index in [-0.39, 0.29) is 12.4 Å². The number of carbonyl (C=O) groups is 3. The van der Waals surface area contributed by atoms with Gasteiger partial charge in [0.2, 0.25) is 5.91 Å². The van der Waals surface area contributed by atoms with Crippen molar-refractivity contribution in [1.29, 1.82) is 0 Å². The van der Waals surface area contributed by atoms with Gasteiger partial charge in [0.15, 0.2) is 0 Å². The molecule has 0 radical (unpaired) electrons. The number of ether oxygens (including phenoxy) is 1. The van der Waals surface area contributed by atoms with Crippen LogP contribution in [0.4, 0.5) is 9.18 Å². The zero-order valence-corrected chi connectivity index (χ0v) is 16.9. The van der Waals surface area contributed by atoms with Crippen molar-refractivity contribution in [3.63, 3.8) is 0 Å². The third-order valence-electron chi connectivity index (χ3n) is 5.24. The molecule has 0 saturated carbocycles. The Morgan fingerprint density at radius 3 is 2.40 bits per heavy atom. The molecule has 1 atom stereocenters. The van der Waals surface area contributed by atoms with E-state index < -0.39 is 23.4 Å². The van der Waals surface area contributed by atoms with Gasteiger partial charge in [-0.1, -0.05) is 31.2 Å². The largest absolute Gasteiger partial charge is 0.497 e. The Morgan fingerprint density at radius 1 is 1.13 bits per heavy atom. The van der Waals surface area contributed by atoms with Crippen LogP contribution in [0.3, 0.4) is 0 Å². The van der Waals surface area contributed by atoms with Gasteiger partial charge in [0.25, 0.3) is 5.91 Å². The molecule has 30 heavy (non-hydrogen) atoms. The highest BCUT2D eigenvalue weighted by atomic mass is 19.1. The van der Waals surface area contributed by atoms with Crippen LogP contribution in [0.5, 0.6) is 5.75 Å². The minimum absolute atomic E-state index is 0.311. The quantitative estimate of drug-likeness (QED) is 0.651. The Labute approximate surface area is 174 Å². The number of benzene rings is 2. The van der Waals surface area contributed by atoms with Crippen molar-refractivity contribution in [2.45, 2.75) is 25.3 Å². The second-order valence-corrected chi connectivity index (χ2v) is 7.04. The number of amides is 4. The van der Waals surface area contributed by atoms with Crippen LogP contribution in [0.25, 0.3) is 0 Å². The van der Waals surface area contributed by atoms with Crippen molar-refractivity contribution in [3.8, 4) is 5.75 Å². The van der Waals surface area contributed by atoms with Gasteiger partial charge in [-0.15, -0.1) is 0 Å². The van der Waals surface area contributed by atoms with Gasteiger partial charge < -0.3 is 15.4 Å². The number of hydrogen-bond acceptors (Lipinski definition) is 4. The van der Waals surface area contributed by atoms with Gasteiger partial charge in [-0.3, -0.25) is 14.5 Å². The lowest BCUT2D eigenvalue weighted by Gasteiger charge is -2.26. The molecule has 1 fully saturated rings. The Morgan fingerprint density at radius 2 is 1.80 bits per heavy atom. The number of nitrogens with one attached hydrogen (secondary N) is 2. The average molecular weight is 413 g/mol. The second-order valence-electron chi connectivity index (χ2n) is 7.04. The molecule has 1 aliphatic rings. The first-order valence-corrected chi connectivity index (χ1v) is 9.69. The highest BCUT2D eigenvalue weighted by Gasteiger charge is 2.51. The highest BCUT2D eigenvalue weighted by molar-refractivity contribution is 6.09. The molecule has 2 aromatic rings. The lowest BCUT2D eigenvalue weighted by atomic mass is 9.87. The predicted octanol–water partition coefficient (Wildman–Crippen LogP) is 2.35. The summed E-state index contributed by atoms with van der Waals surface area (Å²) in [5.41, 5.74) is 0.289. The van der Waals surface area contributed by atoms with Crippen molar-refractivity contribution in [2.75, 3.05) is 20.2 Å². The number of imide groups is 1. The number of carbonyl (C=O) groups excluding carboxylic acids is 3. The van der Waals surface area contributed by atoms with E-state index in [4.69, 9.17) is 4.74 Å². The number of halogens is 1. The molecule has 1 saturated heterocycles. The third kappa shape index (κ3) is 4.27. The maximum Gasteiger partial charge on any atom is 0.325 e. The highest BCUT2D eigenvalue weighted by Crippen LogP contribution is 2.33. The van der Waals surface area contributed by atoms with E-state index in [1.54, 1.807) is 50.4 Å². The number of hydrogen-bond donors (Lipinski definition) is 2. The van der Waals surface area contributed by atoms with Crippen molar-refractivity contribution in [2.24, 2.45) is 0 Å². The van der Waals surface area contributed by atoms with Gasteiger partial charge in [0.05, 0.1) is 7.11 Å². The molecule has 0 aliphatic carbocycles. The Balaban J connectivity index is 1.63. The molecule has 0 spiro atoms. The lowest BCUT2D eigenvalue weighted by Crippen LogP contribution is -2.45. The summed E-state index contributed by atoms with van der Waals surface area (Å²) in [5.74, 6) is -0.590. The van der Waals surface area contributed by atoms with E-state index in [1.807, 2.05) is 0 Å². The van der Waals surface area contributed by atoms with E-state index >= 15 is 0 Å². The molecule has 8 heteroatoms. The zero-order chi connectivity index (χ0) is 21.7. The number of urea groups is 1. The molecular formula is C22H24FN3O4. The third-order valence-corrected chi connectivity index (χ3v) is 5.24. The molecule has 0 aromatic heterocycles. The number of methoxy groups -OCH3 is 1. The Kier molecular flexibility index (Phi) is 6.34. The Bertz CT molecular complexity index is 930. The zero-order valence-electron chi connectivity index (χ0n) is 16.9. The van der Waals surface area contributed by atoms with Crippen molar-refractivity contribution < 1.29 is 23.5 Å².